The lowest BCUT2D eigenvalue weighted by Crippen LogP contribution is -2.38. The van der Waals surface area contributed by atoms with Gasteiger partial charge in [-0.05, 0) is 73.2 Å². The molecule has 3 aliphatic carbocycles. The molecule has 0 aliphatic heterocycles. The van der Waals surface area contributed by atoms with Crippen LogP contribution in [0.5, 0.6) is 0 Å². The maximum absolute atomic E-state index is 15.6. The summed E-state index contributed by atoms with van der Waals surface area (Å²) >= 11 is 6.66. The highest BCUT2D eigenvalue weighted by atomic mass is 35.5. The number of alkyl halides is 8. The summed E-state index contributed by atoms with van der Waals surface area (Å²) in [6.45, 7) is -2.41. The first-order chi connectivity index (χ1) is 33.0. The second-order valence-corrected chi connectivity index (χ2v) is 20.0. The summed E-state index contributed by atoms with van der Waals surface area (Å²) in [4.78, 5) is 34.2. The summed E-state index contributed by atoms with van der Waals surface area (Å²) in [6.07, 6.45) is -5.27. The van der Waals surface area contributed by atoms with E-state index in [9.17, 15) is 48.3 Å². The number of halogens is 11. The van der Waals surface area contributed by atoms with Crippen LogP contribution in [0.4, 0.5) is 49.7 Å². The van der Waals surface area contributed by atoms with E-state index in [0.29, 0.717) is 35.2 Å². The van der Waals surface area contributed by atoms with Crippen molar-refractivity contribution in [3.05, 3.63) is 116 Å². The fraction of sp³-hybridized carbons (Fsp3) is 0.364. The van der Waals surface area contributed by atoms with E-state index < -0.39 is 130 Å². The summed E-state index contributed by atoms with van der Waals surface area (Å²) in [6, 6.07) is 8.33. The Morgan fingerprint density at radius 2 is 1.70 bits per heavy atom. The molecule has 0 bridgehead atoms. The van der Waals surface area contributed by atoms with Gasteiger partial charge in [0.15, 0.2) is 5.82 Å². The Kier molecular flexibility index (Phi) is 11.3. The van der Waals surface area contributed by atoms with Gasteiger partial charge in [0.1, 0.15) is 48.5 Å². The Labute approximate surface area is 393 Å². The summed E-state index contributed by atoms with van der Waals surface area (Å²) in [5.74, 6) is -13.4. The maximum Gasteiger partial charge on any atom is 0.293 e. The third kappa shape index (κ3) is 8.63. The van der Waals surface area contributed by atoms with E-state index in [2.05, 4.69) is 25.3 Å². The number of benzene rings is 3. The zero-order valence-corrected chi connectivity index (χ0v) is 37.5. The lowest BCUT2D eigenvalue weighted by atomic mass is 10.0. The van der Waals surface area contributed by atoms with Crippen molar-refractivity contribution in [3.8, 4) is 16.9 Å². The Hall–Kier alpha value is -6.50. The molecule has 3 atom stereocenters. The van der Waals surface area contributed by atoms with Crippen LogP contribution in [-0.2, 0) is 46.8 Å². The number of fused-ring (bicyclic) bond motifs is 5. The molecule has 0 radical (unpaired) electrons. The standard InChI is InChI=1S/C44H35ClF10N10O4S/c1-43(52,53)18-62-9-8-28(58-62)20-2-5-24-29(13-20)57-41(65(42(24)67)31-7-6-27(45)35-37(31)63(16-32(48)49)60-40(35)61-70(68,69)23-3-4-23)30(12-19-10-21(46)14-22(47)11-19)56-33(66)17-64-38-34(36(59-64)39(50)51)25-15-26(25)44(38,54)55/h2,5-11,13-14,23,25-26,30,32,39H,3-4,12,15-18H2,1H3,(H,56,66)(H,60,61)/t25-,26+,30-/m0/s1. The quantitative estimate of drug-likeness (QED) is 0.0908. The van der Waals surface area contributed by atoms with Gasteiger partial charge in [-0.3, -0.25) is 32.9 Å². The molecule has 0 saturated heterocycles. The molecule has 1 amide bonds. The highest BCUT2D eigenvalue weighted by molar-refractivity contribution is 7.93. The maximum atomic E-state index is 15.6. The Balaban J connectivity index is 1.18. The third-order valence-corrected chi connectivity index (χ3v) is 14.5. The zero-order chi connectivity index (χ0) is 49.9. The Morgan fingerprint density at radius 3 is 2.37 bits per heavy atom. The molecule has 4 heterocycles. The Morgan fingerprint density at radius 1 is 0.971 bits per heavy atom. The molecule has 3 aromatic carbocycles. The molecule has 14 nitrogen and oxygen atoms in total. The van der Waals surface area contributed by atoms with Crippen LogP contribution < -0.4 is 15.6 Å². The second-order valence-electron chi connectivity index (χ2n) is 17.6. The van der Waals surface area contributed by atoms with Crippen molar-refractivity contribution in [2.45, 2.75) is 94.1 Å². The van der Waals surface area contributed by atoms with Crippen molar-refractivity contribution in [1.29, 1.82) is 0 Å². The molecular formula is C44H35ClF10N10O4S. The molecule has 2 fully saturated rings. The summed E-state index contributed by atoms with van der Waals surface area (Å²) in [7, 11) is -4.13. The van der Waals surface area contributed by atoms with E-state index in [4.69, 9.17) is 16.6 Å². The van der Waals surface area contributed by atoms with E-state index >= 15 is 13.6 Å². The molecule has 26 heteroatoms. The van der Waals surface area contributed by atoms with Gasteiger partial charge in [-0.25, -0.2) is 48.5 Å². The van der Waals surface area contributed by atoms with Crippen LogP contribution in [0.15, 0.2) is 65.6 Å². The number of nitrogens with one attached hydrogen (secondary N) is 2. The number of carbonyl (C=O) groups excluding carboxylic acids is 1. The third-order valence-electron chi connectivity index (χ3n) is 12.3. The number of sulfonamides is 1. The largest absolute Gasteiger partial charge is 0.344 e. The topological polar surface area (TPSA) is 164 Å². The van der Waals surface area contributed by atoms with Gasteiger partial charge in [0.2, 0.25) is 15.9 Å². The number of nitrogens with zero attached hydrogens (tertiary/aromatic N) is 8. The van der Waals surface area contributed by atoms with Crippen LogP contribution in [-0.4, -0.2) is 70.8 Å². The molecule has 10 rings (SSSR count). The molecule has 4 aromatic heterocycles. The first-order valence-corrected chi connectivity index (χ1v) is 23.4. The van der Waals surface area contributed by atoms with Crippen molar-refractivity contribution in [2.24, 2.45) is 5.92 Å². The van der Waals surface area contributed by atoms with Crippen LogP contribution in [0, 0.1) is 17.6 Å². The van der Waals surface area contributed by atoms with Crippen molar-refractivity contribution in [3.63, 3.8) is 0 Å². The Bertz CT molecular complexity index is 3440. The minimum atomic E-state index is -4.13. The molecular weight excluding hydrogens is 990 g/mol. The van der Waals surface area contributed by atoms with Gasteiger partial charge in [0.05, 0.1) is 49.5 Å². The van der Waals surface area contributed by atoms with Crippen molar-refractivity contribution < 1.29 is 57.1 Å². The minimum Gasteiger partial charge on any atom is -0.344 e. The lowest BCUT2D eigenvalue weighted by Gasteiger charge is -2.24. The van der Waals surface area contributed by atoms with Gasteiger partial charge in [-0.15, -0.1) is 0 Å². The van der Waals surface area contributed by atoms with Crippen LogP contribution in [0.25, 0.3) is 38.8 Å². The zero-order valence-electron chi connectivity index (χ0n) is 36.0. The average molecular weight is 1030 g/mol. The highest BCUT2D eigenvalue weighted by Gasteiger charge is 2.67. The number of anilines is 1. The van der Waals surface area contributed by atoms with Gasteiger partial charge in [-0.2, -0.15) is 24.1 Å². The molecule has 70 heavy (non-hydrogen) atoms. The monoisotopic (exact) mass is 1020 g/mol. The normalized spacial score (nSPS) is 18.0. The minimum absolute atomic E-state index is 0.0740. The van der Waals surface area contributed by atoms with Gasteiger partial charge in [0, 0.05) is 42.7 Å². The number of carbonyl (C=O) groups is 1. The number of aromatic nitrogens is 8. The molecule has 2 saturated carbocycles. The molecule has 7 aromatic rings. The summed E-state index contributed by atoms with van der Waals surface area (Å²) in [5, 5.41) is 13.1. The lowest BCUT2D eigenvalue weighted by molar-refractivity contribution is -0.123. The molecule has 3 aliphatic rings. The van der Waals surface area contributed by atoms with E-state index in [1.54, 1.807) is 0 Å². The summed E-state index contributed by atoms with van der Waals surface area (Å²) in [5.41, 5.74) is -3.84. The van der Waals surface area contributed by atoms with E-state index in [1.807, 2.05) is 0 Å². The smallest absolute Gasteiger partial charge is 0.293 e. The van der Waals surface area contributed by atoms with Gasteiger partial charge in [0.25, 0.3) is 30.3 Å². The van der Waals surface area contributed by atoms with Crippen molar-refractivity contribution >= 4 is 55.2 Å². The summed E-state index contributed by atoms with van der Waals surface area (Å²) < 4.78 is 178. The van der Waals surface area contributed by atoms with Crippen molar-refractivity contribution in [2.75, 3.05) is 4.72 Å². The first-order valence-electron chi connectivity index (χ1n) is 21.5. The van der Waals surface area contributed by atoms with Crippen LogP contribution in [0.1, 0.15) is 72.9 Å². The molecule has 0 spiro atoms. The van der Waals surface area contributed by atoms with Crippen LogP contribution in [0.3, 0.4) is 0 Å². The molecule has 368 valence electrons. The van der Waals surface area contributed by atoms with Gasteiger partial charge >= 0.3 is 0 Å². The van der Waals surface area contributed by atoms with E-state index in [0.717, 1.165) is 21.4 Å². The van der Waals surface area contributed by atoms with Crippen molar-refractivity contribution in [1.82, 2.24) is 44.2 Å². The predicted octanol–water partition coefficient (Wildman–Crippen LogP) is 8.80. The second kappa shape index (κ2) is 16.8. The number of hydrogen-bond acceptors (Lipinski definition) is 8. The fourth-order valence-electron chi connectivity index (χ4n) is 9.22. The van der Waals surface area contributed by atoms with Crippen LogP contribution >= 0.6 is 11.6 Å². The van der Waals surface area contributed by atoms with E-state index in [1.165, 1.54) is 42.6 Å². The van der Waals surface area contributed by atoms with E-state index in [-0.39, 0.29) is 61.3 Å². The number of rotatable bonds is 16. The number of hydrogen-bond donors (Lipinski definition) is 2. The number of amides is 1. The predicted molar refractivity (Wildman–Crippen MR) is 232 cm³/mol. The fourth-order valence-corrected chi connectivity index (χ4v) is 10.8. The molecule has 0 unspecified atom stereocenters. The SMILES string of the molecule is CC(F)(F)Cn1ccc(-c2ccc3c(=O)n(-c4ccc(Cl)c5c(NS(=O)(=O)C6CC6)nn(CC(F)F)c45)c([C@H](Cc4cc(F)cc(F)c4)NC(=O)Cn4nc(C(F)F)c5c4C(F)(F)[C@@H]4C[C@H]54)nc3c2)n1. The highest BCUT2D eigenvalue weighted by Crippen LogP contribution is 2.68. The van der Waals surface area contributed by atoms with Gasteiger partial charge < -0.3 is 5.32 Å². The van der Waals surface area contributed by atoms with Gasteiger partial charge in [-0.1, -0.05) is 17.7 Å². The molecule has 2 N–H and O–H groups in total. The van der Waals surface area contributed by atoms with Crippen LogP contribution in [0.2, 0.25) is 5.02 Å². The first kappa shape index (κ1) is 47.2. The average Bonchev–Trinajstić information content (AvgIpc) is 4.14.